The highest BCUT2D eigenvalue weighted by molar-refractivity contribution is 9.10. The van der Waals surface area contributed by atoms with Crippen molar-refractivity contribution in [1.29, 1.82) is 5.26 Å². The summed E-state index contributed by atoms with van der Waals surface area (Å²) in [5.41, 5.74) is 3.50. The van der Waals surface area contributed by atoms with Gasteiger partial charge in [-0.05, 0) is 48.4 Å². The second kappa shape index (κ2) is 6.56. The highest BCUT2D eigenvalue weighted by Crippen LogP contribution is 2.21. The molecule has 0 spiro atoms. The Kier molecular flexibility index (Phi) is 4.78. The summed E-state index contributed by atoms with van der Waals surface area (Å²) in [5, 5.41) is 22.1. The molecule has 2 rings (SSSR count). The van der Waals surface area contributed by atoms with Crippen molar-refractivity contribution in [3.63, 3.8) is 0 Å². The molecule has 1 atom stereocenters. The third kappa shape index (κ3) is 3.60. The van der Waals surface area contributed by atoms with Gasteiger partial charge in [0.1, 0.15) is 0 Å². The van der Waals surface area contributed by atoms with E-state index in [4.69, 9.17) is 5.26 Å². The Morgan fingerprint density at radius 2 is 1.95 bits per heavy atom. The van der Waals surface area contributed by atoms with Gasteiger partial charge < -0.3 is 10.4 Å². The van der Waals surface area contributed by atoms with Crippen molar-refractivity contribution in [3.05, 3.63) is 63.6 Å². The minimum absolute atomic E-state index is 0.424. The molecule has 0 fully saturated rings. The van der Waals surface area contributed by atoms with Crippen molar-refractivity contribution >= 4 is 21.6 Å². The van der Waals surface area contributed by atoms with Crippen LogP contribution in [0.3, 0.4) is 0 Å². The van der Waals surface area contributed by atoms with Crippen LogP contribution >= 0.6 is 15.9 Å². The predicted molar refractivity (Wildman–Crippen MR) is 83.5 cm³/mol. The fraction of sp³-hybridized carbons (Fsp3) is 0.188. The van der Waals surface area contributed by atoms with E-state index in [9.17, 15) is 5.11 Å². The maximum absolute atomic E-state index is 10.1. The predicted octanol–water partition coefficient (Wildman–Crippen LogP) is 3.77. The number of nitriles is 1. The highest BCUT2D eigenvalue weighted by atomic mass is 79.9. The highest BCUT2D eigenvalue weighted by Gasteiger charge is 2.07. The van der Waals surface area contributed by atoms with Crippen molar-refractivity contribution in [3.8, 4) is 6.07 Å². The average molecular weight is 331 g/mol. The van der Waals surface area contributed by atoms with Gasteiger partial charge in [-0.15, -0.1) is 0 Å². The molecular formula is C16H15BrN2O. The monoisotopic (exact) mass is 330 g/mol. The van der Waals surface area contributed by atoms with Gasteiger partial charge >= 0.3 is 0 Å². The summed E-state index contributed by atoms with van der Waals surface area (Å²) in [4.78, 5) is 0. The minimum Gasteiger partial charge on any atom is -0.387 e. The van der Waals surface area contributed by atoms with Crippen LogP contribution in [0.5, 0.6) is 0 Å². The van der Waals surface area contributed by atoms with E-state index in [-0.39, 0.29) is 0 Å². The van der Waals surface area contributed by atoms with Crippen LogP contribution in [0.25, 0.3) is 0 Å². The SMILES string of the molecule is Cc1cc(NCC(O)c2ccc(C#N)cc2)ccc1Br. The third-order valence-corrected chi connectivity index (χ3v) is 3.97. The van der Waals surface area contributed by atoms with Crippen LogP contribution < -0.4 is 5.32 Å². The number of aryl methyl sites for hydroxylation is 1. The summed E-state index contributed by atoms with van der Waals surface area (Å²) in [6, 6.07) is 15.0. The molecule has 0 aliphatic heterocycles. The minimum atomic E-state index is -0.605. The first-order valence-electron chi connectivity index (χ1n) is 6.28. The molecule has 0 aliphatic rings. The molecule has 0 amide bonds. The number of benzene rings is 2. The number of nitrogens with one attached hydrogen (secondary N) is 1. The van der Waals surface area contributed by atoms with E-state index in [0.717, 1.165) is 21.3 Å². The normalized spacial score (nSPS) is 11.7. The molecule has 0 aliphatic carbocycles. The maximum atomic E-state index is 10.1. The van der Waals surface area contributed by atoms with Crippen LogP contribution in [0.2, 0.25) is 0 Å². The van der Waals surface area contributed by atoms with Crippen LogP contribution in [0.1, 0.15) is 22.8 Å². The molecule has 0 radical (unpaired) electrons. The third-order valence-electron chi connectivity index (χ3n) is 3.08. The quantitative estimate of drug-likeness (QED) is 0.897. The second-order valence-corrected chi connectivity index (χ2v) is 5.45. The van der Waals surface area contributed by atoms with E-state index in [0.29, 0.717) is 12.1 Å². The summed E-state index contributed by atoms with van der Waals surface area (Å²) < 4.78 is 1.07. The Morgan fingerprint density at radius 3 is 2.55 bits per heavy atom. The molecule has 3 nitrogen and oxygen atoms in total. The lowest BCUT2D eigenvalue weighted by molar-refractivity contribution is 0.191. The average Bonchev–Trinajstić information content (AvgIpc) is 2.48. The standard InChI is InChI=1S/C16H15BrN2O/c1-11-8-14(6-7-15(11)17)19-10-16(20)13-4-2-12(9-18)3-5-13/h2-8,16,19-20H,10H2,1H3. The molecule has 0 saturated carbocycles. The number of aliphatic hydroxyl groups excluding tert-OH is 1. The number of hydrogen-bond donors (Lipinski definition) is 2. The summed E-state index contributed by atoms with van der Waals surface area (Å²) in [6.45, 7) is 2.44. The number of aliphatic hydroxyl groups is 1. The van der Waals surface area contributed by atoms with Crippen LogP contribution in [0.4, 0.5) is 5.69 Å². The van der Waals surface area contributed by atoms with Gasteiger partial charge in [0.2, 0.25) is 0 Å². The molecule has 0 aromatic heterocycles. The topological polar surface area (TPSA) is 56.0 Å². The first-order valence-corrected chi connectivity index (χ1v) is 7.07. The van der Waals surface area contributed by atoms with E-state index < -0.39 is 6.10 Å². The lowest BCUT2D eigenvalue weighted by atomic mass is 10.1. The van der Waals surface area contributed by atoms with Gasteiger partial charge in [-0.1, -0.05) is 28.1 Å². The fourth-order valence-electron chi connectivity index (χ4n) is 1.87. The van der Waals surface area contributed by atoms with Gasteiger partial charge in [-0.3, -0.25) is 0 Å². The molecule has 0 saturated heterocycles. The lowest BCUT2D eigenvalue weighted by Crippen LogP contribution is -2.12. The lowest BCUT2D eigenvalue weighted by Gasteiger charge is -2.14. The van der Waals surface area contributed by atoms with E-state index in [1.165, 1.54) is 0 Å². The van der Waals surface area contributed by atoms with Crippen molar-refractivity contribution in [2.75, 3.05) is 11.9 Å². The molecule has 1 unspecified atom stereocenters. The number of rotatable bonds is 4. The van der Waals surface area contributed by atoms with Crippen LogP contribution in [-0.2, 0) is 0 Å². The van der Waals surface area contributed by atoms with Crippen LogP contribution in [0.15, 0.2) is 46.9 Å². The zero-order chi connectivity index (χ0) is 14.5. The Hall–Kier alpha value is -1.83. The fourth-order valence-corrected chi connectivity index (χ4v) is 2.11. The van der Waals surface area contributed by atoms with Crippen molar-refractivity contribution < 1.29 is 5.11 Å². The molecule has 2 aromatic carbocycles. The zero-order valence-corrected chi connectivity index (χ0v) is 12.7. The summed E-state index contributed by atoms with van der Waals surface area (Å²) in [7, 11) is 0. The molecule has 2 aromatic rings. The molecule has 0 bridgehead atoms. The number of halogens is 1. The Bertz CT molecular complexity index is 632. The largest absolute Gasteiger partial charge is 0.387 e. The first kappa shape index (κ1) is 14.6. The van der Waals surface area contributed by atoms with Crippen molar-refractivity contribution in [1.82, 2.24) is 0 Å². The van der Waals surface area contributed by atoms with E-state index in [1.807, 2.05) is 25.1 Å². The van der Waals surface area contributed by atoms with Gasteiger partial charge in [0.15, 0.2) is 0 Å². The molecule has 2 N–H and O–H groups in total. The molecular weight excluding hydrogens is 316 g/mol. The van der Waals surface area contributed by atoms with Crippen LogP contribution in [0, 0.1) is 18.3 Å². The van der Waals surface area contributed by atoms with Crippen LogP contribution in [-0.4, -0.2) is 11.7 Å². The maximum Gasteiger partial charge on any atom is 0.0991 e. The number of hydrogen-bond acceptors (Lipinski definition) is 3. The van der Waals surface area contributed by atoms with Gasteiger partial charge in [0, 0.05) is 16.7 Å². The Balaban J connectivity index is 1.99. The molecule has 20 heavy (non-hydrogen) atoms. The summed E-state index contributed by atoms with van der Waals surface area (Å²) >= 11 is 3.46. The number of anilines is 1. The van der Waals surface area contributed by atoms with Crippen molar-refractivity contribution in [2.24, 2.45) is 0 Å². The van der Waals surface area contributed by atoms with Gasteiger partial charge in [0.25, 0.3) is 0 Å². The molecule has 102 valence electrons. The molecule has 0 heterocycles. The molecule has 4 heteroatoms. The van der Waals surface area contributed by atoms with E-state index in [2.05, 4.69) is 27.3 Å². The smallest absolute Gasteiger partial charge is 0.0991 e. The summed E-state index contributed by atoms with van der Waals surface area (Å²) in [5.74, 6) is 0. The van der Waals surface area contributed by atoms with Crippen molar-refractivity contribution in [2.45, 2.75) is 13.0 Å². The first-order chi connectivity index (χ1) is 9.60. The second-order valence-electron chi connectivity index (χ2n) is 4.59. The van der Waals surface area contributed by atoms with Gasteiger partial charge in [-0.2, -0.15) is 5.26 Å². The van der Waals surface area contributed by atoms with Gasteiger partial charge in [0.05, 0.1) is 17.7 Å². The summed E-state index contributed by atoms with van der Waals surface area (Å²) in [6.07, 6.45) is -0.605. The van der Waals surface area contributed by atoms with E-state index in [1.54, 1.807) is 24.3 Å². The Morgan fingerprint density at radius 1 is 1.25 bits per heavy atom. The number of nitrogens with zero attached hydrogens (tertiary/aromatic N) is 1. The Labute approximate surface area is 127 Å². The zero-order valence-electron chi connectivity index (χ0n) is 11.1. The van der Waals surface area contributed by atoms with E-state index >= 15 is 0 Å². The van der Waals surface area contributed by atoms with Gasteiger partial charge in [-0.25, -0.2) is 0 Å².